The molecule has 0 saturated heterocycles. The van der Waals surface area contributed by atoms with E-state index >= 15 is 0 Å². The van der Waals surface area contributed by atoms with Crippen LogP contribution in [0.1, 0.15) is 5.56 Å². The SMILES string of the molecule is C[Si](C)(C)C#Cc1cccnc1Cl. The summed E-state index contributed by atoms with van der Waals surface area (Å²) in [5.41, 5.74) is 4.07. The van der Waals surface area contributed by atoms with Crippen LogP contribution in [0.15, 0.2) is 18.3 Å². The molecular weight excluding hydrogens is 198 g/mol. The highest BCUT2D eigenvalue weighted by Crippen LogP contribution is 2.10. The Morgan fingerprint density at radius 3 is 2.62 bits per heavy atom. The van der Waals surface area contributed by atoms with E-state index in [2.05, 4.69) is 36.1 Å². The van der Waals surface area contributed by atoms with Gasteiger partial charge in [0.1, 0.15) is 13.2 Å². The minimum atomic E-state index is -1.31. The average molecular weight is 210 g/mol. The maximum Gasteiger partial charge on any atom is 0.144 e. The van der Waals surface area contributed by atoms with Crippen LogP contribution in [0.25, 0.3) is 0 Å². The van der Waals surface area contributed by atoms with Crippen molar-refractivity contribution in [3.05, 3.63) is 29.0 Å². The molecule has 0 aliphatic carbocycles. The summed E-state index contributed by atoms with van der Waals surface area (Å²) in [6, 6.07) is 3.74. The number of halogens is 1. The molecule has 0 bridgehead atoms. The van der Waals surface area contributed by atoms with E-state index in [1.165, 1.54) is 0 Å². The first-order chi connectivity index (χ1) is 5.99. The van der Waals surface area contributed by atoms with Crippen molar-refractivity contribution in [3.8, 4) is 11.5 Å². The molecule has 0 amide bonds. The molecule has 0 aliphatic rings. The van der Waals surface area contributed by atoms with Crippen LogP contribution in [0.5, 0.6) is 0 Å². The second-order valence-electron chi connectivity index (χ2n) is 3.84. The zero-order valence-electron chi connectivity index (χ0n) is 8.06. The van der Waals surface area contributed by atoms with Crippen molar-refractivity contribution < 1.29 is 0 Å². The summed E-state index contributed by atoms with van der Waals surface area (Å²) in [5.74, 6) is 3.07. The third-order valence-electron chi connectivity index (χ3n) is 1.33. The maximum absolute atomic E-state index is 5.85. The molecule has 0 atom stereocenters. The van der Waals surface area contributed by atoms with Crippen LogP contribution < -0.4 is 0 Å². The first-order valence-corrected chi connectivity index (χ1v) is 8.00. The first kappa shape index (κ1) is 10.3. The summed E-state index contributed by atoms with van der Waals surface area (Å²) in [4.78, 5) is 3.96. The van der Waals surface area contributed by atoms with Crippen molar-refractivity contribution in [2.45, 2.75) is 19.6 Å². The lowest BCUT2D eigenvalue weighted by atomic mass is 10.3. The summed E-state index contributed by atoms with van der Waals surface area (Å²) in [7, 11) is -1.31. The van der Waals surface area contributed by atoms with Crippen LogP contribution >= 0.6 is 11.6 Å². The van der Waals surface area contributed by atoms with E-state index in [1.807, 2.05) is 12.1 Å². The Kier molecular flexibility index (Phi) is 3.13. The fraction of sp³-hybridized carbons (Fsp3) is 0.300. The molecule has 3 heteroatoms. The highest BCUT2D eigenvalue weighted by molar-refractivity contribution is 6.83. The quantitative estimate of drug-likeness (QED) is 0.364. The monoisotopic (exact) mass is 209 g/mol. The minimum Gasteiger partial charge on any atom is -0.243 e. The van der Waals surface area contributed by atoms with Gasteiger partial charge in [-0.1, -0.05) is 37.2 Å². The Morgan fingerprint density at radius 1 is 1.38 bits per heavy atom. The molecule has 68 valence electrons. The molecule has 0 unspecified atom stereocenters. The van der Waals surface area contributed by atoms with E-state index in [-0.39, 0.29) is 0 Å². The third kappa shape index (κ3) is 3.62. The molecule has 1 nitrogen and oxygen atoms in total. The van der Waals surface area contributed by atoms with E-state index in [1.54, 1.807) is 6.20 Å². The number of pyridine rings is 1. The van der Waals surface area contributed by atoms with E-state index in [9.17, 15) is 0 Å². The third-order valence-corrected chi connectivity index (χ3v) is 2.51. The van der Waals surface area contributed by atoms with Crippen LogP contribution in [-0.4, -0.2) is 13.1 Å². The number of rotatable bonds is 0. The Balaban J connectivity index is 2.97. The van der Waals surface area contributed by atoms with E-state index < -0.39 is 8.07 Å². The number of hydrogen-bond donors (Lipinski definition) is 0. The Bertz CT molecular complexity index is 357. The Morgan fingerprint density at radius 2 is 2.08 bits per heavy atom. The van der Waals surface area contributed by atoms with Gasteiger partial charge in [-0.15, -0.1) is 5.54 Å². The standard InChI is InChI=1S/C10H12ClNSi/c1-13(2,3)8-6-9-5-4-7-12-10(9)11/h4-5,7H,1-3H3. The largest absolute Gasteiger partial charge is 0.243 e. The van der Waals surface area contributed by atoms with E-state index in [0.717, 1.165) is 5.56 Å². The second kappa shape index (κ2) is 3.95. The van der Waals surface area contributed by atoms with Crippen molar-refractivity contribution in [2.24, 2.45) is 0 Å². The molecule has 0 aromatic carbocycles. The van der Waals surface area contributed by atoms with Crippen LogP contribution in [0.2, 0.25) is 24.8 Å². The predicted molar refractivity (Wildman–Crippen MR) is 59.5 cm³/mol. The van der Waals surface area contributed by atoms with Crippen molar-refractivity contribution >= 4 is 19.7 Å². The van der Waals surface area contributed by atoms with Crippen molar-refractivity contribution in [2.75, 3.05) is 0 Å². The average Bonchev–Trinajstić information content (AvgIpc) is 2.01. The molecule has 0 N–H and O–H groups in total. The topological polar surface area (TPSA) is 12.9 Å². The highest BCUT2D eigenvalue weighted by Gasteiger charge is 2.07. The van der Waals surface area contributed by atoms with Gasteiger partial charge in [-0.05, 0) is 12.1 Å². The van der Waals surface area contributed by atoms with E-state index in [4.69, 9.17) is 11.6 Å². The molecule has 1 aromatic rings. The number of nitrogens with zero attached hydrogens (tertiary/aromatic N) is 1. The maximum atomic E-state index is 5.85. The molecule has 1 heterocycles. The van der Waals surface area contributed by atoms with Crippen LogP contribution in [-0.2, 0) is 0 Å². The highest BCUT2D eigenvalue weighted by atomic mass is 35.5. The summed E-state index contributed by atoms with van der Waals surface area (Å²) in [6.45, 7) is 6.60. The summed E-state index contributed by atoms with van der Waals surface area (Å²) in [6.07, 6.45) is 1.67. The molecule has 1 rings (SSSR count). The summed E-state index contributed by atoms with van der Waals surface area (Å²) >= 11 is 5.85. The van der Waals surface area contributed by atoms with Gasteiger partial charge >= 0.3 is 0 Å². The van der Waals surface area contributed by atoms with Gasteiger partial charge in [0, 0.05) is 6.20 Å². The van der Waals surface area contributed by atoms with Crippen LogP contribution in [0.3, 0.4) is 0 Å². The summed E-state index contributed by atoms with van der Waals surface area (Å²) < 4.78 is 0. The fourth-order valence-electron chi connectivity index (χ4n) is 0.734. The minimum absolute atomic E-state index is 0.494. The molecule has 0 aliphatic heterocycles. The van der Waals surface area contributed by atoms with Crippen molar-refractivity contribution in [1.82, 2.24) is 4.98 Å². The lowest BCUT2D eigenvalue weighted by Gasteiger charge is -2.03. The van der Waals surface area contributed by atoms with Gasteiger partial charge < -0.3 is 0 Å². The van der Waals surface area contributed by atoms with Gasteiger partial charge in [-0.3, -0.25) is 0 Å². The van der Waals surface area contributed by atoms with Gasteiger partial charge in [0.2, 0.25) is 0 Å². The molecule has 0 saturated carbocycles. The van der Waals surface area contributed by atoms with Crippen LogP contribution in [0, 0.1) is 11.5 Å². The smallest absolute Gasteiger partial charge is 0.144 e. The molecule has 0 spiro atoms. The lowest BCUT2D eigenvalue weighted by molar-refractivity contribution is 1.31. The lowest BCUT2D eigenvalue weighted by Crippen LogP contribution is -2.16. The van der Waals surface area contributed by atoms with Gasteiger partial charge in [-0.25, -0.2) is 4.98 Å². The molecule has 1 aromatic heterocycles. The number of hydrogen-bond acceptors (Lipinski definition) is 1. The van der Waals surface area contributed by atoms with Gasteiger partial charge in [0.05, 0.1) is 5.56 Å². The summed E-state index contributed by atoms with van der Waals surface area (Å²) in [5, 5.41) is 0.494. The van der Waals surface area contributed by atoms with Gasteiger partial charge in [0.25, 0.3) is 0 Å². The van der Waals surface area contributed by atoms with Gasteiger partial charge in [0.15, 0.2) is 0 Å². The van der Waals surface area contributed by atoms with Gasteiger partial charge in [-0.2, -0.15) is 0 Å². The molecule has 0 fully saturated rings. The van der Waals surface area contributed by atoms with Crippen molar-refractivity contribution in [1.29, 1.82) is 0 Å². The predicted octanol–water partition coefficient (Wildman–Crippen LogP) is 2.96. The number of aromatic nitrogens is 1. The molecule has 0 radical (unpaired) electrons. The second-order valence-corrected chi connectivity index (χ2v) is 8.95. The molecular formula is C10H12ClNSi. The molecule has 13 heavy (non-hydrogen) atoms. The normalized spacial score (nSPS) is 10.5. The zero-order chi connectivity index (χ0) is 9.90. The van der Waals surface area contributed by atoms with Crippen LogP contribution in [0.4, 0.5) is 0 Å². The fourth-order valence-corrected chi connectivity index (χ4v) is 1.41. The Labute approximate surface area is 85.2 Å². The zero-order valence-corrected chi connectivity index (χ0v) is 9.81. The van der Waals surface area contributed by atoms with E-state index in [0.29, 0.717) is 5.15 Å². The van der Waals surface area contributed by atoms with Crippen molar-refractivity contribution in [3.63, 3.8) is 0 Å². The Hall–Kier alpha value is -0.783. The first-order valence-electron chi connectivity index (χ1n) is 4.13.